The Morgan fingerprint density at radius 2 is 2.16 bits per heavy atom. The van der Waals surface area contributed by atoms with E-state index in [0.717, 1.165) is 17.0 Å². The Morgan fingerprint density at radius 3 is 2.84 bits per heavy atom. The van der Waals surface area contributed by atoms with E-state index in [1.165, 1.54) is 0 Å². The SMILES string of the molecule is Cc1nn(C2c3ccccc3OCC2C)c(N)c1Cl. The minimum atomic E-state index is 0.0659. The van der Waals surface area contributed by atoms with Crippen LogP contribution >= 0.6 is 11.6 Å². The van der Waals surface area contributed by atoms with Gasteiger partial charge in [-0.15, -0.1) is 0 Å². The maximum absolute atomic E-state index is 6.15. The Morgan fingerprint density at radius 1 is 1.42 bits per heavy atom. The molecule has 1 aliphatic rings. The van der Waals surface area contributed by atoms with Crippen LogP contribution in [0.5, 0.6) is 5.75 Å². The molecule has 3 rings (SSSR count). The highest BCUT2D eigenvalue weighted by atomic mass is 35.5. The summed E-state index contributed by atoms with van der Waals surface area (Å²) in [6.45, 7) is 4.65. The number of benzene rings is 1. The topological polar surface area (TPSA) is 53.1 Å². The highest BCUT2D eigenvalue weighted by molar-refractivity contribution is 6.33. The van der Waals surface area contributed by atoms with E-state index in [1.54, 1.807) is 0 Å². The third kappa shape index (κ3) is 1.87. The number of aryl methyl sites for hydroxylation is 1. The fraction of sp³-hybridized carbons (Fsp3) is 0.357. The number of fused-ring (bicyclic) bond motifs is 1. The summed E-state index contributed by atoms with van der Waals surface area (Å²) in [5, 5.41) is 5.03. The maximum Gasteiger partial charge on any atom is 0.141 e. The van der Waals surface area contributed by atoms with Gasteiger partial charge in [-0.25, -0.2) is 4.68 Å². The zero-order chi connectivity index (χ0) is 13.6. The van der Waals surface area contributed by atoms with Crippen LogP contribution in [0, 0.1) is 12.8 Å². The van der Waals surface area contributed by atoms with E-state index in [-0.39, 0.29) is 12.0 Å². The monoisotopic (exact) mass is 277 g/mol. The van der Waals surface area contributed by atoms with Crippen LogP contribution in [0.15, 0.2) is 24.3 Å². The van der Waals surface area contributed by atoms with Crippen molar-refractivity contribution in [3.8, 4) is 5.75 Å². The molecule has 1 aliphatic heterocycles. The highest BCUT2D eigenvalue weighted by Gasteiger charge is 2.31. The first-order valence-corrected chi connectivity index (χ1v) is 6.69. The molecule has 0 bridgehead atoms. The molecule has 0 radical (unpaired) electrons. The Balaban J connectivity index is 2.16. The second kappa shape index (κ2) is 4.46. The Hall–Kier alpha value is -1.68. The van der Waals surface area contributed by atoms with Crippen LogP contribution in [0.4, 0.5) is 5.82 Å². The predicted octanol–water partition coefficient (Wildman–Crippen LogP) is 3.05. The molecule has 0 amide bonds. The molecule has 0 spiro atoms. The Labute approximate surface area is 117 Å². The van der Waals surface area contributed by atoms with Crippen LogP contribution in [0.1, 0.15) is 24.2 Å². The van der Waals surface area contributed by atoms with Gasteiger partial charge in [0.1, 0.15) is 16.6 Å². The number of hydrogen-bond acceptors (Lipinski definition) is 3. The number of rotatable bonds is 1. The van der Waals surface area contributed by atoms with Gasteiger partial charge in [0.15, 0.2) is 0 Å². The lowest BCUT2D eigenvalue weighted by Crippen LogP contribution is -2.30. The standard InChI is InChI=1S/C14H16ClN3O/c1-8-7-19-11-6-4-3-5-10(11)13(8)18-14(16)12(15)9(2)17-18/h3-6,8,13H,7,16H2,1-2H3. The first-order chi connectivity index (χ1) is 9.09. The molecule has 2 unspecified atom stereocenters. The third-order valence-corrected chi connectivity index (χ3v) is 4.06. The summed E-state index contributed by atoms with van der Waals surface area (Å²) in [6, 6.07) is 8.07. The number of nitrogens with zero attached hydrogens (tertiary/aromatic N) is 2. The van der Waals surface area contributed by atoms with Crippen LogP contribution in [0.25, 0.3) is 0 Å². The second-order valence-electron chi connectivity index (χ2n) is 5.00. The van der Waals surface area contributed by atoms with Crippen molar-refractivity contribution in [2.45, 2.75) is 19.9 Å². The molecule has 0 saturated carbocycles. The molecule has 2 aromatic rings. The molecule has 100 valence electrons. The number of nitrogen functional groups attached to an aromatic ring is 1. The second-order valence-corrected chi connectivity index (χ2v) is 5.38. The average Bonchev–Trinajstić information content (AvgIpc) is 2.66. The van der Waals surface area contributed by atoms with Gasteiger partial charge in [-0.3, -0.25) is 0 Å². The van der Waals surface area contributed by atoms with E-state index >= 15 is 0 Å². The van der Waals surface area contributed by atoms with Crippen molar-refractivity contribution in [2.24, 2.45) is 5.92 Å². The summed E-state index contributed by atoms with van der Waals surface area (Å²) in [4.78, 5) is 0. The smallest absolute Gasteiger partial charge is 0.141 e. The summed E-state index contributed by atoms with van der Waals surface area (Å²) in [6.07, 6.45) is 0. The Bertz CT molecular complexity index is 623. The average molecular weight is 278 g/mol. The van der Waals surface area contributed by atoms with Crippen molar-refractivity contribution in [1.29, 1.82) is 0 Å². The van der Waals surface area contributed by atoms with Gasteiger partial charge in [-0.2, -0.15) is 5.10 Å². The molecule has 2 N–H and O–H groups in total. The molecule has 5 heteroatoms. The lowest BCUT2D eigenvalue weighted by atomic mass is 9.92. The van der Waals surface area contributed by atoms with E-state index in [2.05, 4.69) is 18.1 Å². The summed E-state index contributed by atoms with van der Waals surface area (Å²) in [7, 11) is 0. The summed E-state index contributed by atoms with van der Waals surface area (Å²) < 4.78 is 7.57. The summed E-state index contributed by atoms with van der Waals surface area (Å²) in [5.74, 6) is 1.70. The van der Waals surface area contributed by atoms with E-state index < -0.39 is 0 Å². The van der Waals surface area contributed by atoms with Crippen LogP contribution in [0.3, 0.4) is 0 Å². The first-order valence-electron chi connectivity index (χ1n) is 6.31. The van der Waals surface area contributed by atoms with Gasteiger partial charge in [-0.1, -0.05) is 36.7 Å². The first kappa shape index (κ1) is 12.4. The zero-order valence-electron chi connectivity index (χ0n) is 10.9. The lowest BCUT2D eigenvalue weighted by molar-refractivity contribution is 0.186. The number of aromatic nitrogens is 2. The van der Waals surface area contributed by atoms with Crippen LogP contribution in [-0.4, -0.2) is 16.4 Å². The molecule has 1 aromatic heterocycles. The van der Waals surface area contributed by atoms with Crippen molar-refractivity contribution >= 4 is 17.4 Å². The summed E-state index contributed by atoms with van der Waals surface area (Å²) >= 11 is 6.15. The van der Waals surface area contributed by atoms with Gasteiger partial charge in [0, 0.05) is 11.5 Å². The van der Waals surface area contributed by atoms with Crippen molar-refractivity contribution in [3.05, 3.63) is 40.5 Å². The van der Waals surface area contributed by atoms with Crippen molar-refractivity contribution in [2.75, 3.05) is 12.3 Å². The molecule has 2 atom stereocenters. The molecule has 4 nitrogen and oxygen atoms in total. The van der Waals surface area contributed by atoms with E-state index in [1.807, 2.05) is 29.8 Å². The quantitative estimate of drug-likeness (QED) is 0.872. The molecular weight excluding hydrogens is 262 g/mol. The number of hydrogen-bond donors (Lipinski definition) is 1. The van der Waals surface area contributed by atoms with Gasteiger partial charge in [-0.05, 0) is 13.0 Å². The van der Waals surface area contributed by atoms with Gasteiger partial charge < -0.3 is 10.5 Å². The Kier molecular flexibility index (Phi) is 2.90. The zero-order valence-corrected chi connectivity index (χ0v) is 11.7. The molecule has 1 aromatic carbocycles. The van der Waals surface area contributed by atoms with Gasteiger partial charge in [0.2, 0.25) is 0 Å². The van der Waals surface area contributed by atoms with Crippen LogP contribution < -0.4 is 10.5 Å². The molecule has 19 heavy (non-hydrogen) atoms. The van der Waals surface area contributed by atoms with Crippen molar-refractivity contribution < 1.29 is 4.74 Å². The number of anilines is 1. The van der Waals surface area contributed by atoms with E-state index in [0.29, 0.717) is 17.4 Å². The minimum Gasteiger partial charge on any atom is -0.493 e. The molecule has 0 fully saturated rings. The molecule has 0 saturated heterocycles. The van der Waals surface area contributed by atoms with Gasteiger partial charge >= 0.3 is 0 Å². The van der Waals surface area contributed by atoms with Crippen molar-refractivity contribution in [1.82, 2.24) is 9.78 Å². The highest BCUT2D eigenvalue weighted by Crippen LogP contribution is 2.40. The third-order valence-electron chi connectivity index (χ3n) is 3.59. The summed E-state index contributed by atoms with van der Waals surface area (Å²) in [5.41, 5.74) is 7.94. The fourth-order valence-electron chi connectivity index (χ4n) is 2.61. The predicted molar refractivity (Wildman–Crippen MR) is 75.6 cm³/mol. The number of para-hydroxylation sites is 1. The van der Waals surface area contributed by atoms with Gasteiger partial charge in [0.05, 0.1) is 18.3 Å². The van der Waals surface area contributed by atoms with Crippen LogP contribution in [0.2, 0.25) is 5.02 Å². The molecule has 2 heterocycles. The lowest BCUT2D eigenvalue weighted by Gasteiger charge is -2.32. The van der Waals surface area contributed by atoms with E-state index in [9.17, 15) is 0 Å². The molecular formula is C14H16ClN3O. The molecule has 0 aliphatic carbocycles. The van der Waals surface area contributed by atoms with Gasteiger partial charge in [0.25, 0.3) is 0 Å². The number of ether oxygens (including phenoxy) is 1. The largest absolute Gasteiger partial charge is 0.493 e. The number of nitrogens with two attached hydrogens (primary N) is 1. The normalized spacial score (nSPS) is 21.8. The van der Waals surface area contributed by atoms with Crippen molar-refractivity contribution in [3.63, 3.8) is 0 Å². The number of halogens is 1. The minimum absolute atomic E-state index is 0.0659. The van der Waals surface area contributed by atoms with Crippen LogP contribution in [-0.2, 0) is 0 Å². The van der Waals surface area contributed by atoms with E-state index in [4.69, 9.17) is 22.1 Å². The maximum atomic E-state index is 6.15. The fourth-order valence-corrected chi connectivity index (χ4v) is 2.73.